The van der Waals surface area contributed by atoms with Gasteiger partial charge in [-0.15, -0.1) is 0 Å². The molecule has 0 radical (unpaired) electrons. The van der Waals surface area contributed by atoms with Crippen LogP contribution in [0.5, 0.6) is 11.5 Å². The average molecular weight is 491 g/mol. The predicted molar refractivity (Wildman–Crippen MR) is 135 cm³/mol. The van der Waals surface area contributed by atoms with Crippen LogP contribution >= 0.6 is 0 Å². The summed E-state index contributed by atoms with van der Waals surface area (Å²) in [4.78, 5) is 12.8. The first kappa shape index (κ1) is 25.5. The number of hydrogen-bond acceptors (Lipinski definition) is 6. The van der Waals surface area contributed by atoms with E-state index in [0.29, 0.717) is 11.3 Å². The Morgan fingerprint density at radius 1 is 0.914 bits per heavy atom. The van der Waals surface area contributed by atoms with Crippen molar-refractivity contribution in [3.63, 3.8) is 0 Å². The number of nitriles is 1. The van der Waals surface area contributed by atoms with Crippen molar-refractivity contribution >= 4 is 27.8 Å². The number of nitrogens with one attached hydrogen (secondary N) is 1. The van der Waals surface area contributed by atoms with Crippen LogP contribution < -0.4 is 14.2 Å². The van der Waals surface area contributed by atoms with Gasteiger partial charge in [0, 0.05) is 5.69 Å². The molecule has 1 N–H and O–H groups in total. The molecule has 0 aromatic heterocycles. The number of carbonyl (C=O) groups is 1. The van der Waals surface area contributed by atoms with Crippen molar-refractivity contribution in [2.24, 2.45) is 0 Å². The minimum absolute atomic E-state index is 0.0132. The molecule has 0 unspecified atom stereocenters. The second-order valence-electron chi connectivity index (χ2n) is 8.16. The van der Waals surface area contributed by atoms with Gasteiger partial charge in [-0.2, -0.15) is 13.7 Å². The molecule has 0 aliphatic carbocycles. The van der Waals surface area contributed by atoms with Crippen LogP contribution in [0.25, 0.3) is 6.08 Å². The van der Waals surface area contributed by atoms with Crippen molar-refractivity contribution in [3.05, 3.63) is 88.0 Å². The molecule has 1 amide bonds. The molecule has 3 aromatic rings. The number of hydrogen-bond donors (Lipinski definition) is 1. The monoisotopic (exact) mass is 490 g/mol. The predicted octanol–water partition coefficient (Wildman–Crippen LogP) is 5.24. The van der Waals surface area contributed by atoms with E-state index in [9.17, 15) is 18.5 Å². The van der Waals surface area contributed by atoms with Crippen LogP contribution in [-0.4, -0.2) is 21.4 Å². The van der Waals surface area contributed by atoms with E-state index in [4.69, 9.17) is 8.92 Å². The van der Waals surface area contributed by atoms with E-state index in [0.717, 1.165) is 22.3 Å². The SMILES string of the molecule is COc1cc(/C=C(\C#N)C(=O)Nc2c(C)cc(C)cc2C)ccc1OS(=O)(=O)c1ccc(C)cc1. The van der Waals surface area contributed by atoms with Crippen molar-refractivity contribution in [1.29, 1.82) is 5.26 Å². The first-order valence-corrected chi connectivity index (χ1v) is 12.1. The third kappa shape index (κ3) is 6.08. The number of aryl methyl sites for hydroxylation is 4. The second kappa shape index (κ2) is 10.5. The van der Waals surface area contributed by atoms with E-state index in [2.05, 4.69) is 5.32 Å². The Bertz CT molecular complexity index is 1430. The van der Waals surface area contributed by atoms with Crippen LogP contribution in [0.15, 0.2) is 65.1 Å². The summed E-state index contributed by atoms with van der Waals surface area (Å²) < 4.78 is 35.9. The lowest BCUT2D eigenvalue weighted by atomic mass is 10.0. The Balaban J connectivity index is 1.87. The lowest BCUT2D eigenvalue weighted by molar-refractivity contribution is -0.112. The maximum atomic E-state index is 12.8. The van der Waals surface area contributed by atoms with Crippen molar-refractivity contribution in [3.8, 4) is 17.6 Å². The molecule has 0 spiro atoms. The summed E-state index contributed by atoms with van der Waals surface area (Å²) in [6.07, 6.45) is 1.40. The van der Waals surface area contributed by atoms with Gasteiger partial charge in [-0.3, -0.25) is 4.79 Å². The molecule has 0 bridgehead atoms. The normalized spacial score (nSPS) is 11.5. The lowest BCUT2D eigenvalue weighted by Gasteiger charge is -2.13. The topological polar surface area (TPSA) is 105 Å². The van der Waals surface area contributed by atoms with E-state index in [1.54, 1.807) is 12.1 Å². The fraction of sp³-hybridized carbons (Fsp3) is 0.185. The van der Waals surface area contributed by atoms with E-state index in [-0.39, 0.29) is 22.0 Å². The number of nitrogens with zero attached hydrogens (tertiary/aromatic N) is 1. The summed E-state index contributed by atoms with van der Waals surface area (Å²) in [7, 11) is -2.70. The summed E-state index contributed by atoms with van der Waals surface area (Å²) in [5, 5.41) is 12.4. The molecule has 0 fully saturated rings. The van der Waals surface area contributed by atoms with Gasteiger partial charge in [-0.25, -0.2) is 0 Å². The highest BCUT2D eigenvalue weighted by molar-refractivity contribution is 7.87. The Labute approximate surface area is 205 Å². The largest absolute Gasteiger partial charge is 0.493 e. The van der Waals surface area contributed by atoms with Crippen LogP contribution in [0, 0.1) is 39.0 Å². The molecule has 7 nitrogen and oxygen atoms in total. The highest BCUT2D eigenvalue weighted by Crippen LogP contribution is 2.32. The zero-order valence-electron chi connectivity index (χ0n) is 20.2. The molecule has 0 aliphatic rings. The number of rotatable bonds is 7. The second-order valence-corrected chi connectivity index (χ2v) is 9.70. The van der Waals surface area contributed by atoms with Gasteiger partial charge in [0.1, 0.15) is 16.5 Å². The Morgan fingerprint density at radius 2 is 1.54 bits per heavy atom. The number of amides is 1. The molecule has 0 saturated heterocycles. The van der Waals surface area contributed by atoms with Gasteiger partial charge < -0.3 is 14.2 Å². The summed E-state index contributed by atoms with van der Waals surface area (Å²) >= 11 is 0. The standard InChI is InChI=1S/C27H26N2O5S/c1-17-6-9-23(10-7-17)35(31,32)34-24-11-8-21(15-25(24)33-5)14-22(16-28)27(30)29-26-19(3)12-18(2)13-20(26)4/h6-15H,1-5H3,(H,29,30)/b22-14+. The van der Waals surface area contributed by atoms with Crippen LogP contribution in [0.2, 0.25) is 0 Å². The first-order valence-electron chi connectivity index (χ1n) is 10.7. The zero-order chi connectivity index (χ0) is 25.8. The van der Waals surface area contributed by atoms with Crippen molar-refractivity contribution in [1.82, 2.24) is 0 Å². The molecule has 3 rings (SSSR count). The third-order valence-electron chi connectivity index (χ3n) is 5.29. The third-order valence-corrected chi connectivity index (χ3v) is 6.54. The molecule has 0 atom stereocenters. The lowest BCUT2D eigenvalue weighted by Crippen LogP contribution is -2.15. The minimum atomic E-state index is -4.07. The van der Waals surface area contributed by atoms with Gasteiger partial charge in [-0.05, 0) is 74.7 Å². The Hall–Kier alpha value is -4.09. The average Bonchev–Trinajstić information content (AvgIpc) is 2.80. The highest BCUT2D eigenvalue weighted by Gasteiger charge is 2.20. The number of carbonyl (C=O) groups excluding carboxylic acids is 1. The summed E-state index contributed by atoms with van der Waals surface area (Å²) in [5.74, 6) is -0.430. The van der Waals surface area contributed by atoms with Gasteiger partial charge in [0.15, 0.2) is 11.5 Å². The van der Waals surface area contributed by atoms with E-state index >= 15 is 0 Å². The first-order chi connectivity index (χ1) is 16.5. The summed E-state index contributed by atoms with van der Waals surface area (Å²) in [6.45, 7) is 7.60. The number of benzene rings is 3. The van der Waals surface area contributed by atoms with Crippen LogP contribution in [0.4, 0.5) is 5.69 Å². The van der Waals surface area contributed by atoms with Crippen molar-refractivity contribution in [2.75, 3.05) is 12.4 Å². The quantitative estimate of drug-likeness (QED) is 0.276. The Kier molecular flexibility index (Phi) is 7.62. The smallest absolute Gasteiger partial charge is 0.339 e. The fourth-order valence-electron chi connectivity index (χ4n) is 3.59. The molecular weight excluding hydrogens is 464 g/mol. The minimum Gasteiger partial charge on any atom is -0.493 e. The molecule has 3 aromatic carbocycles. The molecule has 0 saturated carbocycles. The van der Waals surface area contributed by atoms with E-state index < -0.39 is 16.0 Å². The van der Waals surface area contributed by atoms with Crippen LogP contribution in [-0.2, 0) is 14.9 Å². The summed E-state index contributed by atoms with van der Waals surface area (Å²) in [5.41, 5.74) is 4.79. The van der Waals surface area contributed by atoms with E-state index in [1.165, 1.54) is 43.5 Å². The molecule has 0 heterocycles. The Morgan fingerprint density at radius 3 is 2.11 bits per heavy atom. The molecular formula is C27H26N2O5S. The highest BCUT2D eigenvalue weighted by atomic mass is 32.2. The van der Waals surface area contributed by atoms with Crippen LogP contribution in [0.3, 0.4) is 0 Å². The molecule has 0 aliphatic heterocycles. The van der Waals surface area contributed by atoms with Crippen LogP contribution in [0.1, 0.15) is 27.8 Å². The van der Waals surface area contributed by atoms with Gasteiger partial charge in [0.2, 0.25) is 0 Å². The zero-order valence-corrected chi connectivity index (χ0v) is 21.0. The maximum absolute atomic E-state index is 12.8. The van der Waals surface area contributed by atoms with Gasteiger partial charge in [0.25, 0.3) is 5.91 Å². The number of anilines is 1. The van der Waals surface area contributed by atoms with Gasteiger partial charge in [-0.1, -0.05) is 41.5 Å². The maximum Gasteiger partial charge on any atom is 0.339 e. The van der Waals surface area contributed by atoms with Gasteiger partial charge in [0.05, 0.1) is 7.11 Å². The number of methoxy groups -OCH3 is 1. The van der Waals surface area contributed by atoms with Crippen molar-refractivity contribution < 1.29 is 22.1 Å². The van der Waals surface area contributed by atoms with Crippen molar-refractivity contribution in [2.45, 2.75) is 32.6 Å². The molecule has 180 valence electrons. The van der Waals surface area contributed by atoms with E-state index in [1.807, 2.05) is 45.9 Å². The molecule has 35 heavy (non-hydrogen) atoms. The fourth-order valence-corrected chi connectivity index (χ4v) is 4.53. The van der Waals surface area contributed by atoms with Gasteiger partial charge >= 0.3 is 10.1 Å². The number of ether oxygens (including phenoxy) is 1. The summed E-state index contributed by atoms with van der Waals surface area (Å²) in [6, 6.07) is 16.5. The molecule has 8 heteroatoms.